The molecule has 0 aliphatic rings. The van der Waals surface area contributed by atoms with Crippen LogP contribution in [0.2, 0.25) is 0 Å². The Hall–Kier alpha value is -4.44. The fourth-order valence-electron chi connectivity index (χ4n) is 4.15. The molecule has 0 unspecified atom stereocenters. The zero-order chi connectivity index (χ0) is 25.1. The first-order valence-corrected chi connectivity index (χ1v) is 12.1. The van der Waals surface area contributed by atoms with Crippen molar-refractivity contribution in [2.45, 2.75) is 26.2 Å². The van der Waals surface area contributed by atoms with Crippen molar-refractivity contribution in [1.29, 1.82) is 0 Å². The summed E-state index contributed by atoms with van der Waals surface area (Å²) in [4.78, 5) is 12.9. The molecule has 1 amide bonds. The number of aromatic nitrogens is 2. The number of benzene rings is 4. The molecule has 4 heteroatoms. The molecule has 0 atom stereocenters. The van der Waals surface area contributed by atoms with Crippen molar-refractivity contribution in [2.24, 2.45) is 0 Å². The molecule has 5 rings (SSSR count). The van der Waals surface area contributed by atoms with Gasteiger partial charge in [-0.25, -0.2) is 4.68 Å². The topological polar surface area (TPSA) is 46.9 Å². The number of hydrogen-bond acceptors (Lipinski definition) is 2. The third-order valence-corrected chi connectivity index (χ3v) is 6.23. The van der Waals surface area contributed by atoms with Crippen LogP contribution in [0.4, 0.5) is 5.69 Å². The molecule has 178 valence electrons. The largest absolute Gasteiger partial charge is 0.322 e. The van der Waals surface area contributed by atoms with Crippen LogP contribution in [0.3, 0.4) is 0 Å². The normalized spacial score (nSPS) is 11.3. The van der Waals surface area contributed by atoms with Crippen LogP contribution in [-0.2, 0) is 5.41 Å². The monoisotopic (exact) mass is 471 g/mol. The molecule has 0 spiro atoms. The first-order chi connectivity index (χ1) is 17.4. The molecular formula is C32H29N3O. The van der Waals surface area contributed by atoms with Gasteiger partial charge in [-0.05, 0) is 53.4 Å². The Balaban J connectivity index is 1.42. The van der Waals surface area contributed by atoms with Gasteiger partial charge in [0.25, 0.3) is 5.91 Å². The highest BCUT2D eigenvalue weighted by Gasteiger charge is 2.15. The van der Waals surface area contributed by atoms with Crippen molar-refractivity contribution in [1.82, 2.24) is 9.78 Å². The molecule has 0 aliphatic heterocycles. The van der Waals surface area contributed by atoms with Crippen molar-refractivity contribution in [2.75, 3.05) is 5.32 Å². The summed E-state index contributed by atoms with van der Waals surface area (Å²) < 4.78 is 1.94. The van der Waals surface area contributed by atoms with E-state index in [1.54, 1.807) is 0 Å². The third-order valence-electron chi connectivity index (χ3n) is 6.23. The summed E-state index contributed by atoms with van der Waals surface area (Å²) in [7, 11) is 0. The molecule has 0 saturated carbocycles. The van der Waals surface area contributed by atoms with Crippen LogP contribution >= 0.6 is 0 Å². The first-order valence-electron chi connectivity index (χ1n) is 12.1. The van der Waals surface area contributed by atoms with E-state index in [1.165, 1.54) is 5.56 Å². The molecule has 4 aromatic carbocycles. The second-order valence-corrected chi connectivity index (χ2v) is 9.89. The van der Waals surface area contributed by atoms with Gasteiger partial charge in [-0.1, -0.05) is 93.6 Å². The Morgan fingerprint density at radius 2 is 1.31 bits per heavy atom. The molecule has 36 heavy (non-hydrogen) atoms. The number of amides is 1. The van der Waals surface area contributed by atoms with Crippen LogP contribution in [0, 0.1) is 0 Å². The summed E-state index contributed by atoms with van der Waals surface area (Å²) in [5.74, 6) is -0.140. The minimum atomic E-state index is -0.140. The molecule has 1 heterocycles. The second-order valence-electron chi connectivity index (χ2n) is 9.89. The van der Waals surface area contributed by atoms with Gasteiger partial charge in [0.1, 0.15) is 0 Å². The Labute approximate surface area is 212 Å². The van der Waals surface area contributed by atoms with Gasteiger partial charge in [0.2, 0.25) is 0 Å². The molecule has 1 aromatic heterocycles. The van der Waals surface area contributed by atoms with Crippen molar-refractivity contribution in [3.8, 4) is 28.2 Å². The highest BCUT2D eigenvalue weighted by atomic mass is 16.1. The minimum Gasteiger partial charge on any atom is -0.322 e. The van der Waals surface area contributed by atoms with Crippen molar-refractivity contribution in [3.63, 3.8) is 0 Å². The molecule has 0 fully saturated rings. The van der Waals surface area contributed by atoms with Crippen LogP contribution in [0.1, 0.15) is 36.7 Å². The number of rotatable bonds is 5. The predicted octanol–water partition coefficient (Wildman–Crippen LogP) is 7.76. The molecule has 0 bridgehead atoms. The van der Waals surface area contributed by atoms with Gasteiger partial charge in [0.05, 0.1) is 17.1 Å². The van der Waals surface area contributed by atoms with Crippen LogP contribution < -0.4 is 5.32 Å². The standard InChI is InChI=1S/C32H29N3O/c1-32(2,3)26-16-18-27(19-17-26)33-31(36)25-14-20-28(21-15-25)35-30(24-12-8-5-9-13-24)22-29(34-35)23-10-6-4-7-11-23/h4-22H,1-3H3,(H,33,36). The van der Waals surface area contributed by atoms with E-state index in [9.17, 15) is 4.79 Å². The molecule has 4 nitrogen and oxygen atoms in total. The van der Waals surface area contributed by atoms with Crippen molar-refractivity contribution >= 4 is 11.6 Å². The van der Waals surface area contributed by atoms with Crippen LogP contribution in [0.25, 0.3) is 28.2 Å². The molecule has 0 radical (unpaired) electrons. The van der Waals surface area contributed by atoms with E-state index in [1.807, 2.05) is 77.5 Å². The smallest absolute Gasteiger partial charge is 0.255 e. The summed E-state index contributed by atoms with van der Waals surface area (Å²) in [6, 6.07) is 38.0. The van der Waals surface area contributed by atoms with Gasteiger partial charge in [0, 0.05) is 22.4 Å². The lowest BCUT2D eigenvalue weighted by atomic mass is 9.87. The SMILES string of the molecule is CC(C)(C)c1ccc(NC(=O)c2ccc(-n3nc(-c4ccccc4)cc3-c3ccccc3)cc2)cc1. The zero-order valence-corrected chi connectivity index (χ0v) is 20.8. The number of carbonyl (C=O) groups is 1. The summed E-state index contributed by atoms with van der Waals surface area (Å²) in [5, 5.41) is 7.91. The third kappa shape index (κ3) is 4.98. The van der Waals surface area contributed by atoms with Gasteiger partial charge in [0.15, 0.2) is 0 Å². The van der Waals surface area contributed by atoms with E-state index >= 15 is 0 Å². The average Bonchev–Trinajstić information content (AvgIpc) is 3.35. The van der Waals surface area contributed by atoms with Gasteiger partial charge in [-0.2, -0.15) is 5.10 Å². The summed E-state index contributed by atoms with van der Waals surface area (Å²) in [6.45, 7) is 6.52. The fraction of sp³-hybridized carbons (Fsp3) is 0.125. The zero-order valence-electron chi connectivity index (χ0n) is 20.8. The van der Waals surface area contributed by atoms with Crippen LogP contribution in [0.15, 0.2) is 115 Å². The van der Waals surface area contributed by atoms with Crippen molar-refractivity contribution < 1.29 is 4.79 Å². The molecule has 5 aromatic rings. The number of hydrogen-bond donors (Lipinski definition) is 1. The maximum absolute atomic E-state index is 12.9. The highest BCUT2D eigenvalue weighted by molar-refractivity contribution is 6.04. The lowest BCUT2D eigenvalue weighted by molar-refractivity contribution is 0.102. The Morgan fingerprint density at radius 1 is 0.722 bits per heavy atom. The second kappa shape index (κ2) is 9.67. The van der Waals surface area contributed by atoms with Gasteiger partial charge in [-0.15, -0.1) is 0 Å². The molecule has 0 aliphatic carbocycles. The van der Waals surface area contributed by atoms with E-state index in [4.69, 9.17) is 5.10 Å². The van der Waals surface area contributed by atoms with Gasteiger partial charge in [-0.3, -0.25) is 4.79 Å². The Morgan fingerprint density at radius 3 is 1.89 bits per heavy atom. The van der Waals surface area contributed by atoms with Crippen molar-refractivity contribution in [3.05, 3.63) is 126 Å². The Kier molecular flexibility index (Phi) is 6.26. The van der Waals surface area contributed by atoms with E-state index in [0.717, 1.165) is 33.9 Å². The number of anilines is 1. The van der Waals surface area contributed by atoms with Gasteiger partial charge < -0.3 is 5.32 Å². The molecule has 0 saturated heterocycles. The molecular weight excluding hydrogens is 442 g/mol. The van der Waals surface area contributed by atoms with E-state index in [0.29, 0.717) is 5.56 Å². The van der Waals surface area contributed by atoms with E-state index < -0.39 is 0 Å². The minimum absolute atomic E-state index is 0.0733. The quantitative estimate of drug-likeness (QED) is 0.285. The first kappa shape index (κ1) is 23.3. The maximum Gasteiger partial charge on any atom is 0.255 e. The van der Waals surface area contributed by atoms with Crippen LogP contribution in [-0.4, -0.2) is 15.7 Å². The summed E-state index contributed by atoms with van der Waals surface area (Å²) >= 11 is 0. The lowest BCUT2D eigenvalue weighted by Crippen LogP contribution is -2.13. The number of nitrogens with one attached hydrogen (secondary N) is 1. The van der Waals surface area contributed by atoms with E-state index in [2.05, 4.69) is 68.6 Å². The summed E-state index contributed by atoms with van der Waals surface area (Å²) in [6.07, 6.45) is 0. The Bertz CT molecular complexity index is 1460. The highest BCUT2D eigenvalue weighted by Crippen LogP contribution is 2.29. The predicted molar refractivity (Wildman–Crippen MR) is 148 cm³/mol. The fourth-order valence-corrected chi connectivity index (χ4v) is 4.15. The summed E-state index contributed by atoms with van der Waals surface area (Å²) in [5.41, 5.74) is 7.59. The molecule has 1 N–H and O–H groups in total. The number of carbonyl (C=O) groups excluding carboxylic acids is 1. The maximum atomic E-state index is 12.9. The van der Waals surface area contributed by atoms with E-state index in [-0.39, 0.29) is 11.3 Å². The van der Waals surface area contributed by atoms with Crippen LogP contribution in [0.5, 0.6) is 0 Å². The van der Waals surface area contributed by atoms with Gasteiger partial charge >= 0.3 is 0 Å². The lowest BCUT2D eigenvalue weighted by Gasteiger charge is -2.19. The average molecular weight is 472 g/mol. The number of nitrogens with zero attached hydrogens (tertiary/aromatic N) is 2.